The van der Waals surface area contributed by atoms with E-state index in [1.54, 1.807) is 36.4 Å². The highest BCUT2D eigenvalue weighted by atomic mass is 32.2. The maximum Gasteiger partial charge on any atom is 0.382 e. The van der Waals surface area contributed by atoms with Gasteiger partial charge in [-0.15, -0.1) is 0 Å². The molecule has 2 aromatic rings. The Morgan fingerprint density at radius 1 is 1.04 bits per heavy atom. The van der Waals surface area contributed by atoms with Crippen molar-refractivity contribution in [3.8, 4) is 5.75 Å². The molecule has 0 spiro atoms. The Morgan fingerprint density at radius 2 is 1.70 bits per heavy atom. The maximum absolute atomic E-state index is 12.7. The Hall–Kier alpha value is -3.00. The van der Waals surface area contributed by atoms with E-state index in [1.165, 1.54) is 29.7 Å². The van der Waals surface area contributed by atoms with E-state index in [-0.39, 0.29) is 23.0 Å². The van der Waals surface area contributed by atoms with E-state index in [2.05, 4.69) is 0 Å². The molecular weight excluding hydrogens is 370 g/mol. The number of aryl methyl sites for hydroxylation is 1. The molecule has 0 aromatic heterocycles. The molecule has 1 heterocycles. The number of ether oxygens (including phenoxy) is 3. The third kappa shape index (κ3) is 4.22. The predicted molar refractivity (Wildman–Crippen MR) is 98.8 cm³/mol. The fourth-order valence-electron chi connectivity index (χ4n) is 2.36. The number of benzene rings is 2. The summed E-state index contributed by atoms with van der Waals surface area (Å²) in [6.45, 7) is 2.55. The highest BCUT2D eigenvalue weighted by molar-refractivity contribution is 7.92. The van der Waals surface area contributed by atoms with Crippen molar-refractivity contribution in [1.29, 1.82) is 0 Å². The standard InChI is InChI=1S/C19H19NO6S/c1-14-3-9-17(10-4-14)27(22,23)20(2)15-5-7-16(8-6-15)26-19(21)18-13-24-11-12-25-18/h3-10,13H,11-12H2,1-2H3. The van der Waals surface area contributed by atoms with Gasteiger partial charge in [0, 0.05) is 7.05 Å². The van der Waals surface area contributed by atoms with Crippen LogP contribution in [-0.4, -0.2) is 34.6 Å². The van der Waals surface area contributed by atoms with E-state index in [9.17, 15) is 13.2 Å². The summed E-state index contributed by atoms with van der Waals surface area (Å²) in [5.41, 5.74) is 1.41. The third-order valence-corrected chi connectivity index (χ3v) is 5.74. The third-order valence-electron chi connectivity index (χ3n) is 3.94. The van der Waals surface area contributed by atoms with Gasteiger partial charge in [-0.05, 0) is 43.3 Å². The molecule has 1 aliphatic heterocycles. The van der Waals surface area contributed by atoms with Crippen molar-refractivity contribution < 1.29 is 27.4 Å². The summed E-state index contributed by atoms with van der Waals surface area (Å²) in [6, 6.07) is 12.8. The molecule has 1 aliphatic rings. The van der Waals surface area contributed by atoms with Gasteiger partial charge in [-0.25, -0.2) is 13.2 Å². The molecule has 7 nitrogen and oxygen atoms in total. The Morgan fingerprint density at radius 3 is 2.30 bits per heavy atom. The van der Waals surface area contributed by atoms with Crippen LogP contribution >= 0.6 is 0 Å². The van der Waals surface area contributed by atoms with E-state index in [1.807, 2.05) is 6.92 Å². The molecule has 0 atom stereocenters. The summed E-state index contributed by atoms with van der Waals surface area (Å²) in [5.74, 6) is -0.424. The van der Waals surface area contributed by atoms with Gasteiger partial charge in [-0.1, -0.05) is 17.7 Å². The molecule has 0 radical (unpaired) electrons. The van der Waals surface area contributed by atoms with Crippen molar-refractivity contribution in [3.05, 3.63) is 66.1 Å². The average Bonchev–Trinajstić information content (AvgIpc) is 2.69. The van der Waals surface area contributed by atoms with E-state index in [4.69, 9.17) is 14.2 Å². The number of hydrogen-bond donors (Lipinski definition) is 0. The minimum absolute atomic E-state index is 0.00982. The molecule has 0 amide bonds. The molecule has 0 saturated heterocycles. The number of carbonyl (C=O) groups excluding carboxylic acids is 1. The predicted octanol–water partition coefficient (Wildman–Crippen LogP) is 2.61. The van der Waals surface area contributed by atoms with Gasteiger partial charge in [-0.2, -0.15) is 0 Å². The molecule has 27 heavy (non-hydrogen) atoms. The number of anilines is 1. The highest BCUT2D eigenvalue weighted by Gasteiger charge is 2.22. The number of carbonyl (C=O) groups is 1. The zero-order valence-corrected chi connectivity index (χ0v) is 15.7. The van der Waals surface area contributed by atoms with Gasteiger partial charge < -0.3 is 14.2 Å². The lowest BCUT2D eigenvalue weighted by Gasteiger charge is -2.20. The van der Waals surface area contributed by atoms with Crippen LogP contribution in [0.1, 0.15) is 5.56 Å². The molecular formula is C19H19NO6S. The summed E-state index contributed by atoms with van der Waals surface area (Å²) < 4.78 is 42.0. The molecule has 3 rings (SSSR count). The monoisotopic (exact) mass is 389 g/mol. The fraction of sp³-hybridized carbons (Fsp3) is 0.211. The van der Waals surface area contributed by atoms with E-state index in [0.717, 1.165) is 5.56 Å². The SMILES string of the molecule is Cc1ccc(S(=O)(=O)N(C)c2ccc(OC(=O)C3=COCCO3)cc2)cc1. The molecule has 0 unspecified atom stereocenters. The minimum atomic E-state index is -3.68. The van der Waals surface area contributed by atoms with Gasteiger partial charge in [0.05, 0.1) is 10.6 Å². The van der Waals surface area contributed by atoms with Gasteiger partial charge in [0.1, 0.15) is 25.2 Å². The van der Waals surface area contributed by atoms with Crippen molar-refractivity contribution in [2.24, 2.45) is 0 Å². The molecule has 0 aliphatic carbocycles. The first-order valence-electron chi connectivity index (χ1n) is 8.20. The first kappa shape index (κ1) is 18.8. The number of nitrogens with zero attached hydrogens (tertiary/aromatic N) is 1. The Bertz CT molecular complexity index is 949. The quantitative estimate of drug-likeness (QED) is 0.578. The summed E-state index contributed by atoms with van der Waals surface area (Å²) >= 11 is 0. The summed E-state index contributed by atoms with van der Waals surface area (Å²) in [7, 11) is -2.22. The number of hydrogen-bond acceptors (Lipinski definition) is 6. The van der Waals surface area contributed by atoms with Crippen LogP contribution in [0.2, 0.25) is 0 Å². The zero-order valence-electron chi connectivity index (χ0n) is 14.9. The van der Waals surface area contributed by atoms with Crippen molar-refractivity contribution in [3.63, 3.8) is 0 Å². The molecule has 2 aromatic carbocycles. The Labute approximate surface area is 157 Å². The van der Waals surface area contributed by atoms with E-state index in [0.29, 0.717) is 12.3 Å². The molecule has 0 saturated carbocycles. The zero-order chi connectivity index (χ0) is 19.4. The van der Waals surface area contributed by atoms with Crippen LogP contribution in [0.5, 0.6) is 5.75 Å². The van der Waals surface area contributed by atoms with Crippen molar-refractivity contribution in [1.82, 2.24) is 0 Å². The van der Waals surface area contributed by atoms with Crippen LogP contribution in [0, 0.1) is 6.92 Å². The van der Waals surface area contributed by atoms with Crippen LogP contribution < -0.4 is 9.04 Å². The largest absolute Gasteiger partial charge is 0.493 e. The smallest absolute Gasteiger partial charge is 0.382 e. The first-order valence-corrected chi connectivity index (χ1v) is 9.64. The lowest BCUT2D eigenvalue weighted by Crippen LogP contribution is -2.26. The van der Waals surface area contributed by atoms with Crippen LogP contribution in [0.4, 0.5) is 5.69 Å². The lowest BCUT2D eigenvalue weighted by atomic mass is 10.2. The topological polar surface area (TPSA) is 82.1 Å². The molecule has 0 fully saturated rings. The van der Waals surface area contributed by atoms with Gasteiger partial charge in [0.15, 0.2) is 0 Å². The van der Waals surface area contributed by atoms with Crippen LogP contribution in [0.25, 0.3) is 0 Å². The fourth-order valence-corrected chi connectivity index (χ4v) is 3.56. The Kier molecular flexibility index (Phi) is 5.36. The van der Waals surface area contributed by atoms with Gasteiger partial charge >= 0.3 is 5.97 Å². The molecule has 142 valence electrons. The van der Waals surface area contributed by atoms with Gasteiger partial charge in [0.25, 0.3) is 10.0 Å². The van der Waals surface area contributed by atoms with Crippen molar-refractivity contribution >= 4 is 21.7 Å². The van der Waals surface area contributed by atoms with Crippen molar-refractivity contribution in [2.75, 3.05) is 24.6 Å². The van der Waals surface area contributed by atoms with Crippen LogP contribution in [-0.2, 0) is 24.3 Å². The second kappa shape index (κ2) is 7.71. The normalized spacial score (nSPS) is 13.8. The summed E-state index contributed by atoms with van der Waals surface area (Å²) in [5, 5.41) is 0. The van der Waals surface area contributed by atoms with E-state index >= 15 is 0 Å². The van der Waals surface area contributed by atoms with Crippen LogP contribution in [0.15, 0.2) is 65.4 Å². The van der Waals surface area contributed by atoms with Crippen LogP contribution in [0.3, 0.4) is 0 Å². The molecule has 0 bridgehead atoms. The minimum Gasteiger partial charge on any atom is -0.493 e. The lowest BCUT2D eigenvalue weighted by molar-refractivity contribution is -0.135. The second-order valence-corrected chi connectivity index (χ2v) is 7.84. The number of esters is 1. The molecule has 8 heteroatoms. The van der Waals surface area contributed by atoms with Gasteiger partial charge in [0.2, 0.25) is 5.76 Å². The van der Waals surface area contributed by atoms with Gasteiger partial charge in [-0.3, -0.25) is 4.31 Å². The van der Waals surface area contributed by atoms with E-state index < -0.39 is 16.0 Å². The highest BCUT2D eigenvalue weighted by Crippen LogP contribution is 2.25. The second-order valence-electron chi connectivity index (χ2n) is 5.87. The van der Waals surface area contributed by atoms with Crippen molar-refractivity contribution in [2.45, 2.75) is 11.8 Å². The summed E-state index contributed by atoms with van der Waals surface area (Å²) in [4.78, 5) is 12.2. The average molecular weight is 389 g/mol. The maximum atomic E-state index is 12.7. The summed E-state index contributed by atoms with van der Waals surface area (Å²) in [6.07, 6.45) is 1.21. The number of sulfonamides is 1. The number of rotatable bonds is 5. The Balaban J connectivity index is 1.73. The molecule has 0 N–H and O–H groups in total. The first-order chi connectivity index (χ1) is 12.9.